The van der Waals surface area contributed by atoms with Gasteiger partial charge in [-0.2, -0.15) is 0 Å². The zero-order chi connectivity index (χ0) is 14.2. The van der Waals surface area contributed by atoms with Crippen LogP contribution in [-0.4, -0.2) is 23.6 Å². The highest BCUT2D eigenvalue weighted by Crippen LogP contribution is 2.11. The van der Waals surface area contributed by atoms with Crippen LogP contribution in [0, 0.1) is 0 Å². The number of nitrogens with one attached hydrogen (secondary N) is 1. The summed E-state index contributed by atoms with van der Waals surface area (Å²) in [5, 5.41) is 3.20. The summed E-state index contributed by atoms with van der Waals surface area (Å²) in [6.45, 7) is 2.17. The summed E-state index contributed by atoms with van der Waals surface area (Å²) in [6, 6.07) is 14.8. The summed E-state index contributed by atoms with van der Waals surface area (Å²) < 4.78 is 5.12. The molecule has 2 rings (SSSR count). The summed E-state index contributed by atoms with van der Waals surface area (Å²) in [6.07, 6.45) is 2.22. The van der Waals surface area contributed by atoms with Crippen LogP contribution in [-0.2, 0) is 16.0 Å². The van der Waals surface area contributed by atoms with E-state index in [2.05, 4.69) is 10.3 Å². The Morgan fingerprint density at radius 2 is 1.95 bits per heavy atom. The molecule has 1 aromatic carbocycles. The van der Waals surface area contributed by atoms with Crippen molar-refractivity contribution in [3.63, 3.8) is 0 Å². The van der Waals surface area contributed by atoms with Gasteiger partial charge in [-0.25, -0.2) is 4.79 Å². The Balaban J connectivity index is 2.10. The summed E-state index contributed by atoms with van der Waals surface area (Å²) in [5.74, 6) is -0.262. The normalized spacial score (nSPS) is 11.7. The van der Waals surface area contributed by atoms with E-state index >= 15 is 0 Å². The monoisotopic (exact) mass is 270 g/mol. The molecule has 0 aliphatic rings. The SMILES string of the molecule is CCOC(=O)C(Cc1ccccn1)Nc1ccccc1. The van der Waals surface area contributed by atoms with Gasteiger partial charge in [0.1, 0.15) is 6.04 Å². The third kappa shape index (κ3) is 4.09. The molecule has 1 N–H and O–H groups in total. The largest absolute Gasteiger partial charge is 0.464 e. The fourth-order valence-corrected chi connectivity index (χ4v) is 1.90. The van der Waals surface area contributed by atoms with E-state index in [0.717, 1.165) is 11.4 Å². The lowest BCUT2D eigenvalue weighted by molar-refractivity contribution is -0.144. The fourth-order valence-electron chi connectivity index (χ4n) is 1.90. The number of carbonyl (C=O) groups is 1. The average molecular weight is 270 g/mol. The first-order chi connectivity index (χ1) is 9.79. The lowest BCUT2D eigenvalue weighted by Gasteiger charge is -2.18. The first kappa shape index (κ1) is 14.1. The highest BCUT2D eigenvalue weighted by atomic mass is 16.5. The molecule has 0 radical (unpaired) electrons. The van der Waals surface area contributed by atoms with Crippen molar-refractivity contribution in [1.82, 2.24) is 4.98 Å². The first-order valence-corrected chi connectivity index (χ1v) is 6.67. The number of carbonyl (C=O) groups excluding carboxylic acids is 1. The van der Waals surface area contributed by atoms with Crippen molar-refractivity contribution >= 4 is 11.7 Å². The number of hydrogen-bond acceptors (Lipinski definition) is 4. The fraction of sp³-hybridized carbons (Fsp3) is 0.250. The number of benzene rings is 1. The maximum absolute atomic E-state index is 12.0. The van der Waals surface area contributed by atoms with E-state index in [-0.39, 0.29) is 5.97 Å². The van der Waals surface area contributed by atoms with Gasteiger partial charge in [0, 0.05) is 24.0 Å². The number of anilines is 1. The highest BCUT2D eigenvalue weighted by molar-refractivity contribution is 5.79. The molecular formula is C16H18N2O2. The molecular weight excluding hydrogens is 252 g/mol. The number of pyridine rings is 1. The number of esters is 1. The van der Waals surface area contributed by atoms with E-state index in [4.69, 9.17) is 4.74 Å². The van der Waals surface area contributed by atoms with Gasteiger partial charge in [0.05, 0.1) is 6.61 Å². The Morgan fingerprint density at radius 1 is 1.20 bits per heavy atom. The molecule has 0 aliphatic carbocycles. The number of nitrogens with zero attached hydrogens (tertiary/aromatic N) is 1. The van der Waals surface area contributed by atoms with Crippen molar-refractivity contribution in [3.05, 3.63) is 60.4 Å². The Bertz CT molecular complexity index is 487. The van der Waals surface area contributed by atoms with Crippen LogP contribution in [0.1, 0.15) is 12.6 Å². The highest BCUT2D eigenvalue weighted by Gasteiger charge is 2.20. The van der Waals surface area contributed by atoms with Crippen molar-refractivity contribution in [2.24, 2.45) is 0 Å². The molecule has 1 aromatic heterocycles. The standard InChI is InChI=1S/C16H18N2O2/c1-2-20-16(19)15(12-14-10-6-7-11-17-14)18-13-8-4-3-5-9-13/h3-11,15,18H,2,12H2,1H3. The van der Waals surface area contributed by atoms with Crippen molar-refractivity contribution in [3.8, 4) is 0 Å². The number of hydrogen-bond donors (Lipinski definition) is 1. The van der Waals surface area contributed by atoms with Gasteiger partial charge < -0.3 is 10.1 Å². The van der Waals surface area contributed by atoms with E-state index in [0.29, 0.717) is 13.0 Å². The van der Waals surface area contributed by atoms with Gasteiger partial charge in [-0.3, -0.25) is 4.98 Å². The van der Waals surface area contributed by atoms with E-state index in [9.17, 15) is 4.79 Å². The lowest BCUT2D eigenvalue weighted by atomic mass is 10.1. The van der Waals surface area contributed by atoms with E-state index in [1.165, 1.54) is 0 Å². The van der Waals surface area contributed by atoms with Crippen LogP contribution >= 0.6 is 0 Å². The van der Waals surface area contributed by atoms with Crippen molar-refractivity contribution in [2.45, 2.75) is 19.4 Å². The second-order valence-electron chi connectivity index (χ2n) is 4.34. The van der Waals surface area contributed by atoms with Crippen molar-refractivity contribution in [1.29, 1.82) is 0 Å². The van der Waals surface area contributed by atoms with Gasteiger partial charge in [-0.1, -0.05) is 24.3 Å². The van der Waals surface area contributed by atoms with Crippen LogP contribution in [0.4, 0.5) is 5.69 Å². The van der Waals surface area contributed by atoms with Gasteiger partial charge in [-0.05, 0) is 31.2 Å². The molecule has 0 saturated carbocycles. The smallest absolute Gasteiger partial charge is 0.328 e. The minimum absolute atomic E-state index is 0.262. The predicted octanol–water partition coefficient (Wildman–Crippen LogP) is 2.67. The quantitative estimate of drug-likeness (QED) is 0.820. The van der Waals surface area contributed by atoms with Gasteiger partial charge in [-0.15, -0.1) is 0 Å². The zero-order valence-corrected chi connectivity index (χ0v) is 11.5. The lowest BCUT2D eigenvalue weighted by Crippen LogP contribution is -2.33. The molecule has 4 heteroatoms. The van der Waals surface area contributed by atoms with Crippen LogP contribution in [0.15, 0.2) is 54.7 Å². The van der Waals surface area contributed by atoms with Crippen molar-refractivity contribution < 1.29 is 9.53 Å². The van der Waals surface area contributed by atoms with Gasteiger partial charge >= 0.3 is 5.97 Å². The number of para-hydroxylation sites is 1. The predicted molar refractivity (Wildman–Crippen MR) is 78.4 cm³/mol. The molecule has 2 aromatic rings. The molecule has 0 amide bonds. The second kappa shape index (κ2) is 7.28. The van der Waals surface area contributed by atoms with Crippen LogP contribution in [0.3, 0.4) is 0 Å². The molecule has 1 heterocycles. The summed E-state index contributed by atoms with van der Waals surface area (Å²) in [5.41, 5.74) is 1.75. The molecule has 1 unspecified atom stereocenters. The van der Waals surface area contributed by atoms with Gasteiger partial charge in [0.2, 0.25) is 0 Å². The molecule has 0 fully saturated rings. The summed E-state index contributed by atoms with van der Waals surface area (Å²) >= 11 is 0. The zero-order valence-electron chi connectivity index (χ0n) is 11.5. The van der Waals surface area contributed by atoms with E-state index in [1.54, 1.807) is 13.1 Å². The van der Waals surface area contributed by atoms with Crippen molar-refractivity contribution in [2.75, 3.05) is 11.9 Å². The molecule has 0 aliphatic heterocycles. The summed E-state index contributed by atoms with van der Waals surface area (Å²) in [7, 11) is 0. The van der Waals surface area contributed by atoms with Crippen LogP contribution in [0.25, 0.3) is 0 Å². The van der Waals surface area contributed by atoms with Crippen LogP contribution in [0.5, 0.6) is 0 Å². The number of ether oxygens (including phenoxy) is 1. The summed E-state index contributed by atoms with van der Waals surface area (Å²) in [4.78, 5) is 16.3. The average Bonchev–Trinajstić information content (AvgIpc) is 2.49. The van der Waals surface area contributed by atoms with Crippen LogP contribution in [0.2, 0.25) is 0 Å². The first-order valence-electron chi connectivity index (χ1n) is 6.67. The van der Waals surface area contributed by atoms with Crippen LogP contribution < -0.4 is 5.32 Å². The maximum Gasteiger partial charge on any atom is 0.328 e. The number of aromatic nitrogens is 1. The Morgan fingerprint density at radius 3 is 2.60 bits per heavy atom. The molecule has 0 spiro atoms. The van der Waals surface area contributed by atoms with E-state index < -0.39 is 6.04 Å². The molecule has 4 nitrogen and oxygen atoms in total. The van der Waals surface area contributed by atoms with Gasteiger partial charge in [0.15, 0.2) is 0 Å². The topological polar surface area (TPSA) is 51.2 Å². The molecule has 20 heavy (non-hydrogen) atoms. The molecule has 0 bridgehead atoms. The van der Waals surface area contributed by atoms with E-state index in [1.807, 2.05) is 48.5 Å². The number of rotatable bonds is 6. The third-order valence-electron chi connectivity index (χ3n) is 2.83. The Hall–Kier alpha value is -2.36. The maximum atomic E-state index is 12.0. The van der Waals surface area contributed by atoms with Gasteiger partial charge in [0.25, 0.3) is 0 Å². The molecule has 1 atom stereocenters. The second-order valence-corrected chi connectivity index (χ2v) is 4.34. The minimum Gasteiger partial charge on any atom is -0.464 e. The molecule has 0 saturated heterocycles. The Labute approximate surface area is 118 Å². The minimum atomic E-state index is -0.438. The molecule has 104 valence electrons. The Kier molecular flexibility index (Phi) is 5.12. The third-order valence-corrected chi connectivity index (χ3v) is 2.83.